The molecule has 0 saturated heterocycles. The number of amides is 1. The summed E-state index contributed by atoms with van der Waals surface area (Å²) in [4.78, 5) is 11.9. The number of nitrogens with one attached hydrogen (secondary N) is 1. The number of ether oxygens (including phenoxy) is 1. The quantitative estimate of drug-likeness (QED) is 0.601. The number of aryl methyl sites for hydroxylation is 1. The number of hydrogen-bond acceptors (Lipinski definition) is 5. The van der Waals surface area contributed by atoms with Gasteiger partial charge in [0, 0.05) is 19.7 Å². The van der Waals surface area contributed by atoms with Gasteiger partial charge < -0.3 is 14.6 Å². The van der Waals surface area contributed by atoms with Gasteiger partial charge in [-0.25, -0.2) is 0 Å². The third kappa shape index (κ3) is 3.70. The van der Waals surface area contributed by atoms with Crippen LogP contribution in [0.15, 0.2) is 5.16 Å². The van der Waals surface area contributed by atoms with Crippen molar-refractivity contribution in [2.45, 2.75) is 43.1 Å². The zero-order valence-electron chi connectivity index (χ0n) is 11.5. The SMILES string of the molecule is COCCNC(=O)[C@@H](C)Sc1nnc(C)n1C1CC1. The van der Waals surface area contributed by atoms with Gasteiger partial charge in [-0.3, -0.25) is 4.79 Å². The molecule has 1 aliphatic rings. The van der Waals surface area contributed by atoms with Gasteiger partial charge in [0.1, 0.15) is 5.82 Å². The summed E-state index contributed by atoms with van der Waals surface area (Å²) < 4.78 is 7.05. The largest absolute Gasteiger partial charge is 0.383 e. The van der Waals surface area contributed by atoms with Crippen LogP contribution in [-0.2, 0) is 9.53 Å². The van der Waals surface area contributed by atoms with Crippen molar-refractivity contribution in [1.29, 1.82) is 0 Å². The lowest BCUT2D eigenvalue weighted by Crippen LogP contribution is -2.33. The van der Waals surface area contributed by atoms with E-state index in [2.05, 4.69) is 20.1 Å². The fourth-order valence-electron chi connectivity index (χ4n) is 1.82. The molecule has 2 rings (SSSR count). The molecule has 1 amide bonds. The molecule has 1 aromatic rings. The molecule has 6 nitrogen and oxygen atoms in total. The number of methoxy groups -OCH3 is 1. The summed E-state index contributed by atoms with van der Waals surface area (Å²) in [6.07, 6.45) is 2.36. The van der Waals surface area contributed by atoms with Gasteiger partial charge in [-0.05, 0) is 26.7 Å². The van der Waals surface area contributed by atoms with Crippen LogP contribution in [-0.4, -0.2) is 46.2 Å². The molecule has 1 atom stereocenters. The molecule has 0 aromatic carbocycles. The lowest BCUT2D eigenvalue weighted by atomic mass is 10.4. The summed E-state index contributed by atoms with van der Waals surface area (Å²) in [6, 6.07) is 0.529. The molecule has 0 unspecified atom stereocenters. The van der Waals surface area contributed by atoms with E-state index >= 15 is 0 Å². The smallest absolute Gasteiger partial charge is 0.233 e. The maximum atomic E-state index is 11.9. The van der Waals surface area contributed by atoms with Gasteiger partial charge in [-0.15, -0.1) is 10.2 Å². The third-order valence-electron chi connectivity index (χ3n) is 3.00. The van der Waals surface area contributed by atoms with Crippen LogP contribution in [0.4, 0.5) is 0 Å². The molecular weight excluding hydrogens is 264 g/mol. The van der Waals surface area contributed by atoms with Crippen molar-refractivity contribution in [3.8, 4) is 0 Å². The number of carbonyl (C=O) groups is 1. The summed E-state index contributed by atoms with van der Waals surface area (Å²) in [5.74, 6) is 0.932. The lowest BCUT2D eigenvalue weighted by molar-refractivity contribution is -0.120. The zero-order valence-corrected chi connectivity index (χ0v) is 12.4. The van der Waals surface area contributed by atoms with Crippen molar-refractivity contribution >= 4 is 17.7 Å². The highest BCUT2D eigenvalue weighted by Crippen LogP contribution is 2.39. The number of carbonyl (C=O) groups excluding carboxylic acids is 1. The molecule has 0 spiro atoms. The van der Waals surface area contributed by atoms with Crippen molar-refractivity contribution in [2.75, 3.05) is 20.3 Å². The summed E-state index contributed by atoms with van der Waals surface area (Å²) in [5.41, 5.74) is 0. The summed E-state index contributed by atoms with van der Waals surface area (Å²) in [5, 5.41) is 11.8. The molecule has 1 aromatic heterocycles. The first-order chi connectivity index (χ1) is 9.13. The molecule has 1 saturated carbocycles. The van der Waals surface area contributed by atoms with E-state index in [-0.39, 0.29) is 11.2 Å². The third-order valence-corrected chi connectivity index (χ3v) is 4.06. The van der Waals surface area contributed by atoms with E-state index < -0.39 is 0 Å². The normalized spacial score (nSPS) is 16.4. The van der Waals surface area contributed by atoms with Crippen molar-refractivity contribution in [3.05, 3.63) is 5.82 Å². The average molecular weight is 284 g/mol. The van der Waals surface area contributed by atoms with Crippen LogP contribution in [0.5, 0.6) is 0 Å². The maximum absolute atomic E-state index is 11.9. The molecular formula is C12H20N4O2S. The predicted octanol–water partition coefficient (Wildman–Crippen LogP) is 1.16. The monoisotopic (exact) mass is 284 g/mol. The molecule has 0 radical (unpaired) electrons. The molecule has 106 valence electrons. The van der Waals surface area contributed by atoms with Crippen molar-refractivity contribution in [2.24, 2.45) is 0 Å². The molecule has 1 N–H and O–H groups in total. The fourth-order valence-corrected chi connectivity index (χ4v) is 2.80. The van der Waals surface area contributed by atoms with Crippen LogP contribution in [0.3, 0.4) is 0 Å². The second-order valence-electron chi connectivity index (χ2n) is 4.67. The highest BCUT2D eigenvalue weighted by Gasteiger charge is 2.29. The first-order valence-corrected chi connectivity index (χ1v) is 7.36. The van der Waals surface area contributed by atoms with E-state index in [0.29, 0.717) is 19.2 Å². The van der Waals surface area contributed by atoms with E-state index in [1.54, 1.807) is 7.11 Å². The minimum Gasteiger partial charge on any atom is -0.383 e. The Hall–Kier alpha value is -1.08. The van der Waals surface area contributed by atoms with E-state index in [4.69, 9.17) is 4.74 Å². The van der Waals surface area contributed by atoms with Gasteiger partial charge in [0.05, 0.1) is 11.9 Å². The van der Waals surface area contributed by atoms with E-state index in [0.717, 1.165) is 11.0 Å². The molecule has 1 aliphatic carbocycles. The fraction of sp³-hybridized carbons (Fsp3) is 0.750. The molecule has 0 aliphatic heterocycles. The number of rotatable bonds is 7. The Labute approximate surface area is 117 Å². The van der Waals surface area contributed by atoms with Gasteiger partial charge in [-0.2, -0.15) is 0 Å². The van der Waals surface area contributed by atoms with Crippen LogP contribution < -0.4 is 5.32 Å². The van der Waals surface area contributed by atoms with Gasteiger partial charge in [0.15, 0.2) is 5.16 Å². The van der Waals surface area contributed by atoms with Crippen LogP contribution >= 0.6 is 11.8 Å². The highest BCUT2D eigenvalue weighted by molar-refractivity contribution is 8.00. The summed E-state index contributed by atoms with van der Waals surface area (Å²) >= 11 is 1.46. The summed E-state index contributed by atoms with van der Waals surface area (Å²) in [7, 11) is 1.62. The maximum Gasteiger partial charge on any atom is 0.233 e. The Morgan fingerprint density at radius 3 is 2.95 bits per heavy atom. The topological polar surface area (TPSA) is 69.0 Å². The number of thioether (sulfide) groups is 1. The van der Waals surface area contributed by atoms with Gasteiger partial charge in [0.25, 0.3) is 0 Å². The first kappa shape index (κ1) is 14.3. The minimum absolute atomic E-state index is 0.00468. The molecule has 1 heterocycles. The highest BCUT2D eigenvalue weighted by atomic mass is 32.2. The second-order valence-corrected chi connectivity index (χ2v) is 5.98. The Balaban J connectivity index is 1.91. The number of nitrogens with zero attached hydrogens (tertiary/aromatic N) is 3. The van der Waals surface area contributed by atoms with Crippen molar-refractivity contribution < 1.29 is 9.53 Å². The van der Waals surface area contributed by atoms with Crippen molar-refractivity contribution in [3.63, 3.8) is 0 Å². The van der Waals surface area contributed by atoms with E-state index in [1.807, 2.05) is 13.8 Å². The average Bonchev–Trinajstić information content (AvgIpc) is 3.15. The molecule has 0 bridgehead atoms. The standard InChI is InChI=1S/C12H20N4O2S/c1-8(11(17)13-6-7-18-3)19-12-15-14-9(2)16(12)10-4-5-10/h8,10H,4-7H2,1-3H3,(H,13,17)/t8-/m1/s1. The van der Waals surface area contributed by atoms with Crippen molar-refractivity contribution in [1.82, 2.24) is 20.1 Å². The Morgan fingerprint density at radius 1 is 1.58 bits per heavy atom. The predicted molar refractivity (Wildman–Crippen MR) is 73.2 cm³/mol. The Kier molecular flexibility index (Phi) is 4.81. The van der Waals surface area contributed by atoms with Gasteiger partial charge in [0.2, 0.25) is 5.91 Å². The lowest BCUT2D eigenvalue weighted by Gasteiger charge is -2.12. The number of hydrogen-bond donors (Lipinski definition) is 1. The van der Waals surface area contributed by atoms with E-state index in [9.17, 15) is 4.79 Å². The summed E-state index contributed by atoms with van der Waals surface area (Å²) in [6.45, 7) is 4.90. The minimum atomic E-state index is -0.182. The van der Waals surface area contributed by atoms with Crippen LogP contribution in [0.2, 0.25) is 0 Å². The number of aromatic nitrogens is 3. The van der Waals surface area contributed by atoms with Crippen LogP contribution in [0, 0.1) is 6.92 Å². The van der Waals surface area contributed by atoms with Crippen LogP contribution in [0.1, 0.15) is 31.6 Å². The van der Waals surface area contributed by atoms with Crippen LogP contribution in [0.25, 0.3) is 0 Å². The Bertz CT molecular complexity index is 445. The first-order valence-electron chi connectivity index (χ1n) is 6.48. The molecule has 1 fully saturated rings. The zero-order chi connectivity index (χ0) is 13.8. The van der Waals surface area contributed by atoms with Gasteiger partial charge in [-0.1, -0.05) is 11.8 Å². The molecule has 19 heavy (non-hydrogen) atoms. The molecule has 7 heteroatoms. The van der Waals surface area contributed by atoms with Gasteiger partial charge >= 0.3 is 0 Å². The second kappa shape index (κ2) is 6.38. The Morgan fingerprint density at radius 2 is 2.32 bits per heavy atom. The van der Waals surface area contributed by atoms with E-state index in [1.165, 1.54) is 24.6 Å².